The first kappa shape index (κ1) is 46.6. The van der Waals surface area contributed by atoms with Gasteiger partial charge >= 0.3 is 42.5 Å². The van der Waals surface area contributed by atoms with Gasteiger partial charge in [-0.3, -0.25) is 19.3 Å². The molecule has 1 amide bonds. The Kier molecular flexibility index (Phi) is 13.3. The number of carboxylic acid groups (broad SMARTS) is 1. The molecule has 2 aliphatic rings. The fourth-order valence-corrected chi connectivity index (χ4v) is 6.74. The molecule has 330 valence electrons. The third-order valence-corrected chi connectivity index (χ3v) is 10.1. The second-order valence-electron chi connectivity index (χ2n) is 13.7. The van der Waals surface area contributed by atoms with E-state index in [1.807, 2.05) is 6.07 Å². The zero-order valence-corrected chi connectivity index (χ0v) is 32.1. The third-order valence-electron chi connectivity index (χ3n) is 9.51. The van der Waals surface area contributed by atoms with Gasteiger partial charge in [0, 0.05) is 17.3 Å². The highest BCUT2D eigenvalue weighted by atomic mass is 35.5. The van der Waals surface area contributed by atoms with Crippen molar-refractivity contribution in [2.45, 2.75) is 93.5 Å². The van der Waals surface area contributed by atoms with Crippen molar-refractivity contribution in [2.75, 3.05) is 6.73 Å². The zero-order chi connectivity index (χ0) is 45.3. The number of carboxylic acids is 1. The first-order chi connectivity index (χ1) is 28.3. The fraction of sp³-hybridized carbons (Fsp3) is 0.444. The van der Waals surface area contributed by atoms with Crippen molar-refractivity contribution in [1.82, 2.24) is 14.7 Å². The second-order valence-corrected chi connectivity index (χ2v) is 14.5. The van der Waals surface area contributed by atoms with Crippen LogP contribution in [0.1, 0.15) is 67.3 Å². The van der Waals surface area contributed by atoms with E-state index in [0.717, 1.165) is 23.4 Å². The van der Waals surface area contributed by atoms with Crippen molar-refractivity contribution in [3.8, 4) is 28.6 Å². The summed E-state index contributed by atoms with van der Waals surface area (Å²) in [6.45, 7) is -0.806. The molecule has 2 saturated carbocycles. The Morgan fingerprint density at radius 1 is 0.869 bits per heavy atom. The minimum absolute atomic E-state index is 0.0344. The summed E-state index contributed by atoms with van der Waals surface area (Å²) >= 11 is 12.3. The standard InChI is InChI=1S/C36H28Cl2F10N4O9/c37-24-6-1-18(19-14-50-52(15-19)29-25(38)12-20(13-26(29)61-36(46,47)48)33(39,34(40,41)42)35(43,44)45)11-23(24)30(56)51(32(16-49)9-10-32)17-58-31(57)60-22-4-2-21(3-5-22)59-28(55)8-7-27(53)54/h1,6,11-15,21-22H,2-5,7-10,17H2,(H,53,54)/t21-,22+. The van der Waals surface area contributed by atoms with Gasteiger partial charge in [0.1, 0.15) is 23.4 Å². The number of hydrogen-bond donors (Lipinski definition) is 1. The fourth-order valence-electron chi connectivity index (χ4n) is 6.24. The number of benzene rings is 2. The topological polar surface area (TPSA) is 170 Å². The number of hydrogen-bond acceptors (Lipinski definition) is 10. The Balaban J connectivity index is 1.35. The average Bonchev–Trinajstić information content (AvgIpc) is 3.80. The summed E-state index contributed by atoms with van der Waals surface area (Å²) in [5.41, 5.74) is -11.4. The van der Waals surface area contributed by atoms with Crippen LogP contribution in [-0.2, 0) is 29.5 Å². The summed E-state index contributed by atoms with van der Waals surface area (Å²) in [5.74, 6) is -4.59. The maximum atomic E-state index is 14.9. The third kappa shape index (κ3) is 10.5. The Hall–Kier alpha value is -5.50. The van der Waals surface area contributed by atoms with E-state index in [1.165, 1.54) is 12.1 Å². The number of ether oxygens (including phenoxy) is 4. The van der Waals surface area contributed by atoms with Crippen LogP contribution in [-0.4, -0.2) is 87.0 Å². The van der Waals surface area contributed by atoms with Crippen LogP contribution in [0.25, 0.3) is 16.8 Å². The minimum Gasteiger partial charge on any atom is -0.481 e. The van der Waals surface area contributed by atoms with Gasteiger partial charge in [-0.25, -0.2) is 13.9 Å². The molecule has 0 saturated heterocycles. The van der Waals surface area contributed by atoms with Crippen LogP contribution < -0.4 is 4.74 Å². The summed E-state index contributed by atoms with van der Waals surface area (Å²) in [4.78, 5) is 50.0. The van der Waals surface area contributed by atoms with Crippen molar-refractivity contribution < 1.29 is 87.1 Å². The lowest BCUT2D eigenvalue weighted by molar-refractivity contribution is -0.348. The molecule has 0 atom stereocenters. The van der Waals surface area contributed by atoms with Gasteiger partial charge in [-0.2, -0.15) is 36.7 Å². The summed E-state index contributed by atoms with van der Waals surface area (Å²) in [7, 11) is 0. The summed E-state index contributed by atoms with van der Waals surface area (Å²) in [6, 6.07) is 4.93. The van der Waals surface area contributed by atoms with Crippen LogP contribution in [0.3, 0.4) is 0 Å². The number of aromatic nitrogens is 2. The van der Waals surface area contributed by atoms with E-state index in [2.05, 4.69) is 9.84 Å². The van der Waals surface area contributed by atoms with Crippen LogP contribution in [0.2, 0.25) is 10.0 Å². The van der Waals surface area contributed by atoms with Gasteiger partial charge < -0.3 is 24.1 Å². The normalized spacial score (nSPS) is 17.8. The number of aliphatic carboxylic acids is 1. The first-order valence-corrected chi connectivity index (χ1v) is 18.3. The lowest BCUT2D eigenvalue weighted by atomic mass is 9.93. The molecule has 0 spiro atoms. The van der Waals surface area contributed by atoms with Crippen molar-refractivity contribution >= 4 is 47.2 Å². The molecule has 2 aromatic carbocycles. The van der Waals surface area contributed by atoms with Crippen LogP contribution >= 0.6 is 23.2 Å². The predicted octanol–water partition coefficient (Wildman–Crippen LogP) is 9.36. The van der Waals surface area contributed by atoms with Gasteiger partial charge in [0.15, 0.2) is 12.5 Å². The summed E-state index contributed by atoms with van der Waals surface area (Å²) < 4.78 is 156. The molecule has 0 bridgehead atoms. The Morgan fingerprint density at radius 2 is 1.48 bits per heavy atom. The summed E-state index contributed by atoms with van der Waals surface area (Å²) in [5, 5.41) is 20.9. The van der Waals surface area contributed by atoms with Crippen LogP contribution in [0.4, 0.5) is 48.7 Å². The number of rotatable bonds is 13. The Bertz CT molecular complexity index is 2200. The van der Waals surface area contributed by atoms with Gasteiger partial charge in [0.05, 0.1) is 40.7 Å². The lowest BCUT2D eigenvalue weighted by Gasteiger charge is -2.31. The zero-order valence-electron chi connectivity index (χ0n) is 30.6. The molecule has 25 heteroatoms. The monoisotopic (exact) mass is 920 g/mol. The number of halogens is 12. The molecule has 0 radical (unpaired) electrons. The van der Waals surface area contributed by atoms with Gasteiger partial charge in [0.2, 0.25) is 0 Å². The predicted molar refractivity (Wildman–Crippen MR) is 186 cm³/mol. The molecule has 5 rings (SSSR count). The maximum Gasteiger partial charge on any atom is 0.573 e. The summed E-state index contributed by atoms with van der Waals surface area (Å²) in [6.07, 6.45) is -19.1. The Labute approximate surface area is 346 Å². The highest BCUT2D eigenvalue weighted by Crippen LogP contribution is 2.55. The first-order valence-electron chi connectivity index (χ1n) is 17.5. The molecule has 61 heavy (non-hydrogen) atoms. The van der Waals surface area contributed by atoms with Gasteiger partial charge in [-0.1, -0.05) is 29.3 Å². The number of esters is 1. The van der Waals surface area contributed by atoms with E-state index in [9.17, 15) is 68.3 Å². The van der Waals surface area contributed by atoms with Crippen LogP contribution in [0.5, 0.6) is 5.75 Å². The van der Waals surface area contributed by atoms with E-state index in [1.54, 1.807) is 0 Å². The van der Waals surface area contributed by atoms with E-state index in [0.29, 0.717) is 4.68 Å². The number of nitriles is 1. The Morgan fingerprint density at radius 3 is 2.02 bits per heavy atom. The van der Waals surface area contributed by atoms with Crippen molar-refractivity contribution in [3.63, 3.8) is 0 Å². The maximum absolute atomic E-state index is 14.9. The van der Waals surface area contributed by atoms with Gasteiger partial charge in [-0.05, 0) is 68.4 Å². The SMILES string of the molecule is N#CC1(N(COC(=O)O[C@H]2CC[C@@H](OC(=O)CCC(=O)O)CC2)C(=O)c2cc(-c3cnn(-c4c(Cl)cc(C(F)(C(F)(F)F)C(F)(F)F)cc4OC(F)(F)F)c3)ccc2Cl)CC1. The smallest absolute Gasteiger partial charge is 0.481 e. The van der Waals surface area contributed by atoms with E-state index in [4.69, 9.17) is 42.5 Å². The van der Waals surface area contributed by atoms with Crippen molar-refractivity contribution in [3.05, 3.63) is 63.9 Å². The molecule has 1 heterocycles. The average molecular weight is 922 g/mol. The number of nitrogens with zero attached hydrogens (tertiary/aromatic N) is 4. The number of amides is 1. The molecule has 2 fully saturated rings. The highest BCUT2D eigenvalue weighted by molar-refractivity contribution is 6.34. The molecule has 2 aliphatic carbocycles. The van der Waals surface area contributed by atoms with Crippen LogP contribution in [0, 0.1) is 11.3 Å². The molecule has 1 aromatic heterocycles. The van der Waals surface area contributed by atoms with Gasteiger partial charge in [-0.15, -0.1) is 13.2 Å². The number of carbonyl (C=O) groups is 4. The van der Waals surface area contributed by atoms with E-state index < -0.39 is 107 Å². The largest absolute Gasteiger partial charge is 0.573 e. The lowest BCUT2D eigenvalue weighted by Crippen LogP contribution is -2.50. The number of carbonyl (C=O) groups excluding carboxylic acids is 3. The van der Waals surface area contributed by atoms with Crippen molar-refractivity contribution in [1.29, 1.82) is 5.26 Å². The molecule has 3 aromatic rings. The molecule has 13 nitrogen and oxygen atoms in total. The molecule has 1 N–H and O–H groups in total. The van der Waals surface area contributed by atoms with E-state index >= 15 is 0 Å². The minimum atomic E-state index is -6.71. The quantitative estimate of drug-likeness (QED) is 0.0985. The van der Waals surface area contributed by atoms with Crippen LogP contribution in [0.15, 0.2) is 42.7 Å². The molecular formula is C36H28Cl2F10N4O9. The molecular weight excluding hydrogens is 893 g/mol. The molecule has 0 aliphatic heterocycles. The van der Waals surface area contributed by atoms with Gasteiger partial charge in [0.25, 0.3) is 5.91 Å². The van der Waals surface area contributed by atoms with Crippen molar-refractivity contribution in [2.24, 2.45) is 0 Å². The number of alkyl halides is 10. The highest BCUT2D eigenvalue weighted by Gasteiger charge is 2.73. The molecule has 0 unspecified atom stereocenters. The second kappa shape index (κ2) is 17.5. The van der Waals surface area contributed by atoms with E-state index in [-0.39, 0.29) is 72.7 Å².